The minimum atomic E-state index is -2.89. The minimum Gasteiger partial charge on any atom is -0.480 e. The summed E-state index contributed by atoms with van der Waals surface area (Å²) in [4.78, 5) is 32.3. The number of aliphatic carboxylic acids is 1. The van der Waals surface area contributed by atoms with Crippen molar-refractivity contribution < 1.29 is 28.2 Å². The zero-order chi connectivity index (χ0) is 27.9. The summed E-state index contributed by atoms with van der Waals surface area (Å²) in [5.41, 5.74) is 9.54. The van der Waals surface area contributed by atoms with Gasteiger partial charge < -0.3 is 26.2 Å². The van der Waals surface area contributed by atoms with Gasteiger partial charge in [0.1, 0.15) is 11.8 Å². The van der Waals surface area contributed by atoms with Crippen LogP contribution in [0.3, 0.4) is 0 Å². The molecule has 5 N–H and O–H groups in total. The second kappa shape index (κ2) is 12.3. The fraction of sp³-hybridized carbons (Fsp3) is 0.259. The van der Waals surface area contributed by atoms with Gasteiger partial charge in [-0.3, -0.25) is 14.0 Å². The highest BCUT2D eigenvalue weighted by molar-refractivity contribution is 5.96. The number of nitrogens with zero attached hydrogens (tertiary/aromatic N) is 3. The summed E-state index contributed by atoms with van der Waals surface area (Å²) in [6, 6.07) is 10.7. The first-order valence-corrected chi connectivity index (χ1v) is 12.2. The highest BCUT2D eigenvalue weighted by Crippen LogP contribution is 2.27. The number of carbonyl (C=O) groups is 2. The van der Waals surface area contributed by atoms with Gasteiger partial charge >= 0.3 is 12.6 Å². The summed E-state index contributed by atoms with van der Waals surface area (Å²) in [5, 5.41) is 14.9. The molecule has 0 aliphatic heterocycles. The molecule has 0 aliphatic rings. The molecule has 0 radical (unpaired) electrons. The van der Waals surface area contributed by atoms with Gasteiger partial charge in [-0.1, -0.05) is 0 Å². The lowest BCUT2D eigenvalue weighted by molar-refractivity contribution is -0.138. The minimum absolute atomic E-state index is 0.0690. The van der Waals surface area contributed by atoms with E-state index in [0.717, 1.165) is 16.8 Å². The summed E-state index contributed by atoms with van der Waals surface area (Å²) >= 11 is 0. The molecule has 0 fully saturated rings. The number of rotatable bonds is 12. The first kappa shape index (κ1) is 27.5. The first-order valence-electron chi connectivity index (χ1n) is 12.2. The molecule has 4 aromatic rings. The monoisotopic (exact) mass is 538 g/mol. The summed E-state index contributed by atoms with van der Waals surface area (Å²) in [6.07, 6.45) is 6.61. The topological polar surface area (TPSA) is 144 Å². The number of fused-ring (bicyclic) bond motifs is 1. The Balaban J connectivity index is 1.41. The van der Waals surface area contributed by atoms with Crippen molar-refractivity contribution in [3.63, 3.8) is 0 Å². The number of aryl methyl sites for hydroxylation is 1. The van der Waals surface area contributed by atoms with E-state index in [-0.39, 0.29) is 11.7 Å². The number of benzene rings is 2. The van der Waals surface area contributed by atoms with Gasteiger partial charge in [0, 0.05) is 35.8 Å². The SMILES string of the molecule is Cc1cc(Nc2nccn3c(-c4ccc(OC(F)F)cc4)cnc23)ccc1C(=O)NCCCCC(N)C(=O)O. The van der Waals surface area contributed by atoms with E-state index in [2.05, 4.69) is 25.3 Å². The van der Waals surface area contributed by atoms with Gasteiger partial charge in [-0.2, -0.15) is 8.78 Å². The molecule has 4 rings (SSSR count). The maximum Gasteiger partial charge on any atom is 0.387 e. The zero-order valence-electron chi connectivity index (χ0n) is 21.1. The number of aromatic nitrogens is 3. The number of ether oxygens (including phenoxy) is 1. The van der Waals surface area contributed by atoms with Gasteiger partial charge in [0.05, 0.1) is 11.9 Å². The Hall–Kier alpha value is -4.58. The van der Waals surface area contributed by atoms with Crippen LogP contribution in [0.2, 0.25) is 0 Å². The molecule has 2 aromatic heterocycles. The van der Waals surface area contributed by atoms with Gasteiger partial charge in [-0.25, -0.2) is 9.97 Å². The molecule has 0 spiro atoms. The van der Waals surface area contributed by atoms with Crippen LogP contribution >= 0.6 is 0 Å². The molecule has 0 saturated heterocycles. The molecule has 1 atom stereocenters. The van der Waals surface area contributed by atoms with Crippen LogP contribution in [-0.4, -0.2) is 50.5 Å². The molecular formula is C27H28F2N6O4. The van der Waals surface area contributed by atoms with Crippen LogP contribution in [0.15, 0.2) is 61.1 Å². The molecule has 204 valence electrons. The van der Waals surface area contributed by atoms with Crippen molar-refractivity contribution in [1.29, 1.82) is 0 Å². The predicted molar refractivity (Wildman–Crippen MR) is 141 cm³/mol. The highest BCUT2D eigenvalue weighted by Gasteiger charge is 2.14. The predicted octanol–water partition coefficient (Wildman–Crippen LogP) is 4.36. The molecule has 0 saturated carbocycles. The molecule has 2 heterocycles. The van der Waals surface area contributed by atoms with Crippen LogP contribution in [0, 0.1) is 6.92 Å². The fourth-order valence-corrected chi connectivity index (χ4v) is 4.07. The maximum atomic E-state index is 12.6. The van der Waals surface area contributed by atoms with Gasteiger partial charge in [0.25, 0.3) is 5.91 Å². The maximum absolute atomic E-state index is 12.6. The number of unbranched alkanes of at least 4 members (excludes halogenated alkanes) is 1. The van der Waals surface area contributed by atoms with Crippen LogP contribution in [0.1, 0.15) is 35.2 Å². The molecule has 0 aliphatic carbocycles. The smallest absolute Gasteiger partial charge is 0.387 e. The number of anilines is 2. The van der Waals surface area contributed by atoms with Crippen molar-refractivity contribution in [2.45, 2.75) is 38.8 Å². The second-order valence-electron chi connectivity index (χ2n) is 8.87. The normalized spacial score (nSPS) is 11.9. The summed E-state index contributed by atoms with van der Waals surface area (Å²) in [6.45, 7) is -0.643. The largest absolute Gasteiger partial charge is 0.480 e. The van der Waals surface area contributed by atoms with Crippen molar-refractivity contribution in [2.75, 3.05) is 11.9 Å². The van der Waals surface area contributed by atoms with Crippen LogP contribution < -0.4 is 21.1 Å². The average Bonchev–Trinajstić information content (AvgIpc) is 3.33. The molecule has 39 heavy (non-hydrogen) atoms. The summed E-state index contributed by atoms with van der Waals surface area (Å²) in [7, 11) is 0. The third-order valence-electron chi connectivity index (χ3n) is 6.08. The van der Waals surface area contributed by atoms with E-state index in [1.807, 2.05) is 17.4 Å². The lowest BCUT2D eigenvalue weighted by atomic mass is 10.1. The highest BCUT2D eigenvalue weighted by atomic mass is 19.3. The van der Waals surface area contributed by atoms with E-state index in [4.69, 9.17) is 10.8 Å². The van der Waals surface area contributed by atoms with E-state index in [0.29, 0.717) is 48.5 Å². The second-order valence-corrected chi connectivity index (χ2v) is 8.87. The number of hydrogen-bond acceptors (Lipinski definition) is 7. The number of nitrogens with one attached hydrogen (secondary N) is 2. The third kappa shape index (κ3) is 6.85. The van der Waals surface area contributed by atoms with Crippen LogP contribution in [0.4, 0.5) is 20.3 Å². The Morgan fingerprint density at radius 1 is 1.13 bits per heavy atom. The van der Waals surface area contributed by atoms with Crippen LogP contribution in [0.5, 0.6) is 5.75 Å². The van der Waals surface area contributed by atoms with E-state index in [1.165, 1.54) is 12.1 Å². The lowest BCUT2D eigenvalue weighted by Gasteiger charge is -2.12. The van der Waals surface area contributed by atoms with E-state index in [9.17, 15) is 18.4 Å². The quantitative estimate of drug-likeness (QED) is 0.195. The number of hydrogen-bond donors (Lipinski definition) is 4. The Kier molecular flexibility index (Phi) is 8.67. The van der Waals surface area contributed by atoms with Crippen LogP contribution in [0.25, 0.3) is 16.9 Å². The number of halogens is 2. The molecule has 0 bridgehead atoms. The lowest BCUT2D eigenvalue weighted by Crippen LogP contribution is -2.30. The van der Waals surface area contributed by atoms with Gasteiger partial charge in [-0.05, 0) is 74.2 Å². The number of alkyl halides is 2. The van der Waals surface area contributed by atoms with Crippen molar-refractivity contribution in [3.05, 3.63) is 72.2 Å². The standard InChI is InChI=1S/C27H28F2N6O4/c1-16-14-18(7-10-20(16)25(36)32-11-3-2-4-21(30)26(37)38)34-23-24-33-15-22(35(24)13-12-31-23)17-5-8-19(9-6-17)39-27(28)29/h5-10,12-15,21,27H,2-4,11,30H2,1H3,(H,31,34)(H,32,36)(H,37,38). The van der Waals surface area contributed by atoms with Crippen molar-refractivity contribution in [2.24, 2.45) is 5.73 Å². The Labute approximate surface area is 222 Å². The number of amides is 1. The third-order valence-corrected chi connectivity index (χ3v) is 6.08. The average molecular weight is 539 g/mol. The fourth-order valence-electron chi connectivity index (χ4n) is 4.07. The van der Waals surface area contributed by atoms with Gasteiger partial charge in [-0.15, -0.1) is 0 Å². The van der Waals surface area contributed by atoms with E-state index in [1.54, 1.807) is 42.9 Å². The number of carboxylic acids is 1. The summed E-state index contributed by atoms with van der Waals surface area (Å²) in [5.74, 6) is -0.681. The molecule has 10 nitrogen and oxygen atoms in total. The number of imidazole rings is 1. The zero-order valence-corrected chi connectivity index (χ0v) is 21.1. The van der Waals surface area contributed by atoms with Gasteiger partial charge in [0.2, 0.25) is 0 Å². The molecule has 12 heteroatoms. The van der Waals surface area contributed by atoms with E-state index < -0.39 is 18.6 Å². The molecule has 2 aromatic carbocycles. The van der Waals surface area contributed by atoms with Crippen LogP contribution in [-0.2, 0) is 4.79 Å². The number of carbonyl (C=O) groups excluding carboxylic acids is 1. The van der Waals surface area contributed by atoms with Crippen molar-refractivity contribution in [1.82, 2.24) is 19.7 Å². The van der Waals surface area contributed by atoms with Crippen molar-refractivity contribution >= 4 is 29.0 Å². The van der Waals surface area contributed by atoms with E-state index >= 15 is 0 Å². The Morgan fingerprint density at radius 3 is 2.59 bits per heavy atom. The number of nitrogens with two attached hydrogens (primary N) is 1. The molecular weight excluding hydrogens is 510 g/mol. The Morgan fingerprint density at radius 2 is 1.90 bits per heavy atom. The number of carboxylic acid groups (broad SMARTS) is 1. The summed E-state index contributed by atoms with van der Waals surface area (Å²) < 4.78 is 31.1. The molecule has 1 amide bonds. The first-order chi connectivity index (χ1) is 18.7. The van der Waals surface area contributed by atoms with Gasteiger partial charge in [0.15, 0.2) is 11.5 Å². The van der Waals surface area contributed by atoms with Crippen molar-refractivity contribution in [3.8, 4) is 17.0 Å². The molecule has 1 unspecified atom stereocenters. The Bertz CT molecular complexity index is 1460.